The van der Waals surface area contributed by atoms with Gasteiger partial charge in [0.2, 0.25) is 5.91 Å². The molecule has 2 unspecified atom stereocenters. The molecule has 1 aliphatic carbocycles. The van der Waals surface area contributed by atoms with Crippen LogP contribution >= 0.6 is 0 Å². The van der Waals surface area contributed by atoms with Crippen LogP contribution in [0, 0.1) is 11.8 Å². The van der Waals surface area contributed by atoms with Crippen molar-refractivity contribution in [1.82, 2.24) is 15.1 Å². The molecule has 0 radical (unpaired) electrons. The largest absolute Gasteiger partial charge is 0.469 e. The van der Waals surface area contributed by atoms with E-state index in [0.29, 0.717) is 32.4 Å². The first-order valence-electron chi connectivity index (χ1n) is 9.38. The average Bonchev–Trinajstić information content (AvgIpc) is 2.88. The summed E-state index contributed by atoms with van der Waals surface area (Å²) in [5, 5.41) is 2.86. The third-order valence-corrected chi connectivity index (χ3v) is 6.18. The molecule has 1 spiro atoms. The molecule has 1 saturated carbocycles. The van der Waals surface area contributed by atoms with Gasteiger partial charge in [-0.15, -0.1) is 0 Å². The minimum absolute atomic E-state index is 0.0728. The van der Waals surface area contributed by atoms with E-state index in [1.54, 1.807) is 4.90 Å². The van der Waals surface area contributed by atoms with Crippen LogP contribution in [0.25, 0.3) is 0 Å². The number of ether oxygens (including phenoxy) is 1. The van der Waals surface area contributed by atoms with E-state index in [1.165, 1.54) is 7.11 Å². The molecule has 3 rings (SSSR count). The van der Waals surface area contributed by atoms with Crippen molar-refractivity contribution in [2.75, 3.05) is 26.7 Å². The molecule has 26 heavy (non-hydrogen) atoms. The maximum atomic E-state index is 12.9. The Morgan fingerprint density at radius 2 is 1.88 bits per heavy atom. The van der Waals surface area contributed by atoms with Gasteiger partial charge < -0.3 is 15.0 Å². The molecule has 4 amide bonds. The molecule has 2 aliphatic heterocycles. The van der Waals surface area contributed by atoms with Gasteiger partial charge in [-0.2, -0.15) is 0 Å². The molecule has 8 nitrogen and oxygen atoms in total. The molecule has 0 aromatic rings. The summed E-state index contributed by atoms with van der Waals surface area (Å²) < 4.78 is 4.75. The summed E-state index contributed by atoms with van der Waals surface area (Å²) in [6.07, 6.45) is 4.57. The Balaban J connectivity index is 1.60. The summed E-state index contributed by atoms with van der Waals surface area (Å²) in [4.78, 5) is 52.1. The highest BCUT2D eigenvalue weighted by molar-refractivity contribution is 6.09. The van der Waals surface area contributed by atoms with E-state index < -0.39 is 11.6 Å². The highest BCUT2D eigenvalue weighted by atomic mass is 16.5. The highest BCUT2D eigenvalue weighted by Crippen LogP contribution is 2.38. The van der Waals surface area contributed by atoms with E-state index >= 15 is 0 Å². The van der Waals surface area contributed by atoms with Crippen LogP contribution in [0.5, 0.6) is 0 Å². The van der Waals surface area contributed by atoms with Crippen LogP contribution in [-0.2, 0) is 19.1 Å². The smallest absolute Gasteiger partial charge is 0.325 e. The first-order valence-corrected chi connectivity index (χ1v) is 9.38. The summed E-state index contributed by atoms with van der Waals surface area (Å²) in [7, 11) is 1.36. The van der Waals surface area contributed by atoms with Gasteiger partial charge in [-0.1, -0.05) is 19.8 Å². The summed E-state index contributed by atoms with van der Waals surface area (Å²) in [5.74, 6) is -0.889. The van der Waals surface area contributed by atoms with Crippen LogP contribution in [0.4, 0.5) is 4.79 Å². The third kappa shape index (κ3) is 3.17. The number of likely N-dealkylation sites (tertiary alicyclic amines) is 1. The Morgan fingerprint density at radius 1 is 1.19 bits per heavy atom. The first kappa shape index (κ1) is 18.7. The number of amides is 4. The number of urea groups is 1. The van der Waals surface area contributed by atoms with Crippen LogP contribution in [0.2, 0.25) is 0 Å². The van der Waals surface area contributed by atoms with E-state index in [9.17, 15) is 19.2 Å². The fraction of sp³-hybridized carbons (Fsp3) is 0.778. The third-order valence-electron chi connectivity index (χ3n) is 6.18. The zero-order valence-electron chi connectivity index (χ0n) is 15.5. The summed E-state index contributed by atoms with van der Waals surface area (Å²) in [6, 6.07) is -0.471. The lowest BCUT2D eigenvalue weighted by molar-refractivity contribution is -0.149. The molecule has 1 N–H and O–H groups in total. The maximum Gasteiger partial charge on any atom is 0.325 e. The number of imide groups is 1. The molecule has 0 aromatic heterocycles. The van der Waals surface area contributed by atoms with Gasteiger partial charge in [0.15, 0.2) is 0 Å². The highest BCUT2D eigenvalue weighted by Gasteiger charge is 2.55. The van der Waals surface area contributed by atoms with Gasteiger partial charge in [-0.05, 0) is 31.6 Å². The van der Waals surface area contributed by atoms with Crippen molar-refractivity contribution < 1.29 is 23.9 Å². The summed E-state index contributed by atoms with van der Waals surface area (Å²) in [6.45, 7) is 2.62. The Kier molecular flexibility index (Phi) is 5.20. The number of hydrogen-bond acceptors (Lipinski definition) is 5. The summed E-state index contributed by atoms with van der Waals surface area (Å²) >= 11 is 0. The number of nitrogens with one attached hydrogen (secondary N) is 1. The van der Waals surface area contributed by atoms with Crippen molar-refractivity contribution in [2.45, 2.75) is 51.0 Å². The number of piperidine rings is 1. The predicted octanol–water partition coefficient (Wildman–Crippen LogP) is 0.899. The number of esters is 1. The van der Waals surface area contributed by atoms with Crippen LogP contribution in [0.1, 0.15) is 45.4 Å². The van der Waals surface area contributed by atoms with Crippen molar-refractivity contribution in [3.8, 4) is 0 Å². The molecule has 0 aromatic carbocycles. The van der Waals surface area contributed by atoms with E-state index in [4.69, 9.17) is 4.74 Å². The molecule has 2 atom stereocenters. The molecular weight excluding hydrogens is 338 g/mol. The minimum atomic E-state index is -0.840. The lowest BCUT2D eigenvalue weighted by atomic mass is 9.73. The SMILES string of the molecule is COC(=O)C1CCN(C(=O)CN2C(=O)NC3(CCCCC3C)C2=O)CC1. The van der Waals surface area contributed by atoms with Gasteiger partial charge in [0.1, 0.15) is 12.1 Å². The Hall–Kier alpha value is -2.12. The lowest BCUT2D eigenvalue weighted by Gasteiger charge is -2.37. The Morgan fingerprint density at radius 3 is 2.50 bits per heavy atom. The van der Waals surface area contributed by atoms with Crippen LogP contribution in [0.3, 0.4) is 0 Å². The van der Waals surface area contributed by atoms with Crippen LogP contribution in [-0.4, -0.2) is 65.9 Å². The normalized spacial score (nSPS) is 29.8. The minimum Gasteiger partial charge on any atom is -0.469 e. The zero-order valence-corrected chi connectivity index (χ0v) is 15.5. The fourth-order valence-electron chi connectivity index (χ4n) is 4.41. The van der Waals surface area contributed by atoms with Crippen LogP contribution in [0.15, 0.2) is 0 Å². The molecule has 2 heterocycles. The van der Waals surface area contributed by atoms with E-state index in [1.807, 2.05) is 6.92 Å². The van der Waals surface area contributed by atoms with Crippen molar-refractivity contribution >= 4 is 23.8 Å². The molecule has 3 fully saturated rings. The van der Waals surface area contributed by atoms with Crippen molar-refractivity contribution in [2.24, 2.45) is 11.8 Å². The quantitative estimate of drug-likeness (QED) is 0.592. The van der Waals surface area contributed by atoms with Gasteiger partial charge in [0.25, 0.3) is 5.91 Å². The first-order chi connectivity index (χ1) is 12.4. The number of carbonyl (C=O) groups is 4. The average molecular weight is 365 g/mol. The number of carbonyl (C=O) groups excluding carboxylic acids is 4. The van der Waals surface area contributed by atoms with Gasteiger partial charge in [0, 0.05) is 13.1 Å². The van der Waals surface area contributed by atoms with E-state index in [-0.39, 0.29) is 36.2 Å². The summed E-state index contributed by atoms with van der Waals surface area (Å²) in [5.41, 5.74) is -0.840. The number of methoxy groups -OCH3 is 1. The zero-order chi connectivity index (χ0) is 18.9. The second-order valence-corrected chi connectivity index (χ2v) is 7.62. The van der Waals surface area contributed by atoms with E-state index in [0.717, 1.165) is 24.2 Å². The maximum absolute atomic E-state index is 12.9. The topological polar surface area (TPSA) is 96.0 Å². The monoisotopic (exact) mass is 365 g/mol. The molecule has 3 aliphatic rings. The molecule has 144 valence electrons. The fourth-order valence-corrected chi connectivity index (χ4v) is 4.41. The van der Waals surface area contributed by atoms with Gasteiger partial charge in [-0.25, -0.2) is 4.79 Å². The Labute approximate surface area is 153 Å². The Bertz CT molecular complexity index is 614. The predicted molar refractivity (Wildman–Crippen MR) is 91.9 cm³/mol. The van der Waals surface area contributed by atoms with Gasteiger partial charge in [-0.3, -0.25) is 19.3 Å². The number of hydrogen-bond donors (Lipinski definition) is 1. The molecule has 0 bridgehead atoms. The number of nitrogens with zero attached hydrogens (tertiary/aromatic N) is 2. The molecule has 2 saturated heterocycles. The van der Waals surface area contributed by atoms with E-state index in [2.05, 4.69) is 5.32 Å². The van der Waals surface area contributed by atoms with Gasteiger partial charge >= 0.3 is 12.0 Å². The van der Waals surface area contributed by atoms with Crippen LogP contribution < -0.4 is 5.32 Å². The van der Waals surface area contributed by atoms with Crippen molar-refractivity contribution in [1.29, 1.82) is 0 Å². The number of rotatable bonds is 3. The lowest BCUT2D eigenvalue weighted by Crippen LogP contribution is -2.54. The van der Waals surface area contributed by atoms with Crippen molar-refractivity contribution in [3.63, 3.8) is 0 Å². The molecule has 8 heteroatoms. The second kappa shape index (κ2) is 7.25. The second-order valence-electron chi connectivity index (χ2n) is 7.62. The van der Waals surface area contributed by atoms with Crippen molar-refractivity contribution in [3.05, 3.63) is 0 Å². The van der Waals surface area contributed by atoms with Gasteiger partial charge in [0.05, 0.1) is 13.0 Å². The standard InChI is InChI=1S/C18H27N3O5/c1-12-5-3-4-8-18(12)16(24)21(17(25)19-18)11-14(22)20-9-6-13(7-10-20)15(23)26-2/h12-13H,3-11H2,1-2H3,(H,19,25). The molecular formula is C18H27N3O5.